The zero-order valence-electron chi connectivity index (χ0n) is 16.5. The number of fused-ring (bicyclic) bond motifs is 1. The number of anilines is 1. The van der Waals surface area contributed by atoms with Gasteiger partial charge in [-0.2, -0.15) is 0 Å². The summed E-state index contributed by atoms with van der Waals surface area (Å²) >= 11 is 0. The van der Waals surface area contributed by atoms with Gasteiger partial charge in [-0.05, 0) is 50.5 Å². The number of aromatic nitrogens is 1. The topological polar surface area (TPSA) is 41.6 Å². The molecule has 0 fully saturated rings. The highest BCUT2D eigenvalue weighted by molar-refractivity contribution is 5.79. The quantitative estimate of drug-likeness (QED) is 0.621. The molecule has 1 aliphatic heterocycles. The third-order valence-electron chi connectivity index (χ3n) is 4.84. The molecule has 0 bridgehead atoms. The average molecular weight is 385 g/mol. The number of benzene rings is 1. The third-order valence-corrected chi connectivity index (χ3v) is 4.84. The first-order valence-electron chi connectivity index (χ1n) is 9.57. The van der Waals surface area contributed by atoms with E-state index in [1.54, 1.807) is 12.3 Å². The fourth-order valence-corrected chi connectivity index (χ4v) is 3.11. The van der Waals surface area contributed by atoms with Crippen LogP contribution < -0.4 is 4.90 Å². The Kier molecular flexibility index (Phi) is 6.39. The van der Waals surface area contributed by atoms with Crippen LogP contribution in [-0.2, 0) is 13.0 Å². The smallest absolute Gasteiger partial charge is 0.245 e. The van der Waals surface area contributed by atoms with Gasteiger partial charge in [0.05, 0.1) is 6.54 Å². The minimum absolute atomic E-state index is 0.487. The van der Waals surface area contributed by atoms with E-state index >= 15 is 0 Å². The lowest BCUT2D eigenvalue weighted by Crippen LogP contribution is -2.23. The van der Waals surface area contributed by atoms with E-state index in [-0.39, 0.29) is 0 Å². The molecule has 2 heterocycles. The summed E-state index contributed by atoms with van der Waals surface area (Å²) in [6.07, 6.45) is 7.94. The highest BCUT2D eigenvalue weighted by atomic mass is 19.2. The molecule has 1 aliphatic rings. The number of nitrogens with zero attached hydrogens (tertiary/aromatic N) is 3. The van der Waals surface area contributed by atoms with E-state index < -0.39 is 11.6 Å². The summed E-state index contributed by atoms with van der Waals surface area (Å²) in [4.78, 5) is 11.2. The summed E-state index contributed by atoms with van der Waals surface area (Å²) in [6, 6.07) is 3.99. The predicted octanol–water partition coefficient (Wildman–Crippen LogP) is 5.69. The lowest BCUT2D eigenvalue weighted by molar-refractivity contribution is 0.486. The minimum Gasteiger partial charge on any atom is -0.440 e. The van der Waals surface area contributed by atoms with Crippen molar-refractivity contribution in [3.63, 3.8) is 0 Å². The fraction of sp³-hybridized carbons (Fsp3) is 0.364. The maximum absolute atomic E-state index is 13.7. The van der Waals surface area contributed by atoms with E-state index in [2.05, 4.69) is 11.9 Å². The monoisotopic (exact) mass is 385 g/mol. The van der Waals surface area contributed by atoms with E-state index in [1.165, 1.54) is 6.07 Å². The molecule has 0 radical (unpaired) electrons. The summed E-state index contributed by atoms with van der Waals surface area (Å²) < 4.78 is 33.0. The number of oxazole rings is 1. The van der Waals surface area contributed by atoms with Crippen LogP contribution in [0.4, 0.5) is 14.5 Å². The van der Waals surface area contributed by atoms with Crippen LogP contribution in [-0.4, -0.2) is 17.7 Å². The van der Waals surface area contributed by atoms with Crippen LogP contribution in [0.1, 0.15) is 51.0 Å². The van der Waals surface area contributed by atoms with Crippen molar-refractivity contribution in [1.82, 2.24) is 4.98 Å². The molecule has 1 aromatic heterocycles. The van der Waals surface area contributed by atoms with Gasteiger partial charge in [0.15, 0.2) is 11.6 Å². The Balaban J connectivity index is 1.92. The Bertz CT molecular complexity index is 928. The van der Waals surface area contributed by atoms with Gasteiger partial charge in [-0.25, -0.2) is 13.8 Å². The minimum atomic E-state index is -0.843. The van der Waals surface area contributed by atoms with Crippen molar-refractivity contribution in [3.05, 3.63) is 64.9 Å². The van der Waals surface area contributed by atoms with Gasteiger partial charge in [0.2, 0.25) is 5.89 Å². The fourth-order valence-electron chi connectivity index (χ4n) is 3.11. The molecule has 0 amide bonds. The number of halogens is 2. The molecule has 6 heteroatoms. The van der Waals surface area contributed by atoms with Crippen LogP contribution in [0.2, 0.25) is 0 Å². The van der Waals surface area contributed by atoms with Gasteiger partial charge >= 0.3 is 0 Å². The Morgan fingerprint density at radius 3 is 2.86 bits per heavy atom. The molecule has 148 valence electrons. The second-order valence-corrected chi connectivity index (χ2v) is 6.80. The van der Waals surface area contributed by atoms with Crippen LogP contribution in [0.15, 0.2) is 45.3 Å². The van der Waals surface area contributed by atoms with E-state index in [0.717, 1.165) is 54.6 Å². The van der Waals surface area contributed by atoms with Crippen molar-refractivity contribution in [1.29, 1.82) is 0 Å². The molecule has 4 nitrogen and oxygen atoms in total. The van der Waals surface area contributed by atoms with Crippen molar-refractivity contribution in [2.24, 2.45) is 4.99 Å². The molecule has 0 spiro atoms. The summed E-state index contributed by atoms with van der Waals surface area (Å²) in [5.74, 6) is -0.336. The number of allylic oxidation sites excluding steroid dienone is 3. The van der Waals surface area contributed by atoms with Gasteiger partial charge in [0.1, 0.15) is 17.2 Å². The largest absolute Gasteiger partial charge is 0.440 e. The van der Waals surface area contributed by atoms with Crippen molar-refractivity contribution in [2.45, 2.75) is 46.6 Å². The molecule has 0 unspecified atom stereocenters. The average Bonchev–Trinajstić information content (AvgIpc) is 2.97. The predicted molar refractivity (Wildman–Crippen MR) is 108 cm³/mol. The zero-order valence-corrected chi connectivity index (χ0v) is 16.5. The van der Waals surface area contributed by atoms with Crippen LogP contribution >= 0.6 is 0 Å². The Morgan fingerprint density at radius 1 is 1.32 bits per heavy atom. The summed E-state index contributed by atoms with van der Waals surface area (Å²) in [5, 5.41) is 0. The summed E-state index contributed by atoms with van der Waals surface area (Å²) in [6.45, 7) is 7.23. The molecule has 0 aliphatic carbocycles. The molecule has 1 aromatic carbocycles. The number of aliphatic imine (C=N–C) groups is 1. The number of aryl methyl sites for hydroxylation is 1. The van der Waals surface area contributed by atoms with Crippen LogP contribution in [0, 0.1) is 11.6 Å². The molecule has 0 saturated carbocycles. The van der Waals surface area contributed by atoms with Crippen molar-refractivity contribution >= 4 is 17.6 Å². The lowest BCUT2D eigenvalue weighted by atomic mass is 10.2. The molecule has 0 saturated heterocycles. The van der Waals surface area contributed by atoms with Crippen molar-refractivity contribution < 1.29 is 13.2 Å². The Hall–Kier alpha value is -2.76. The Morgan fingerprint density at radius 2 is 2.14 bits per heavy atom. The van der Waals surface area contributed by atoms with Gasteiger partial charge in [-0.3, -0.25) is 4.99 Å². The normalized spacial score (nSPS) is 15.8. The molecule has 0 atom stereocenters. The van der Waals surface area contributed by atoms with Gasteiger partial charge in [-0.1, -0.05) is 13.0 Å². The second-order valence-electron chi connectivity index (χ2n) is 6.80. The Labute approximate surface area is 164 Å². The van der Waals surface area contributed by atoms with Gasteiger partial charge < -0.3 is 9.32 Å². The maximum Gasteiger partial charge on any atom is 0.245 e. The SMILES string of the molecule is C/C=C\C=NC(=C(C)CC)c1nc2c(o1)CCCN(c1ccc(F)c(F)c1)C2. The number of hydrogen-bond donors (Lipinski definition) is 0. The van der Waals surface area contributed by atoms with E-state index in [0.29, 0.717) is 18.1 Å². The summed E-state index contributed by atoms with van der Waals surface area (Å²) in [7, 11) is 0. The third kappa shape index (κ3) is 4.38. The first-order chi connectivity index (χ1) is 13.5. The molecule has 2 aromatic rings. The number of rotatable bonds is 5. The van der Waals surface area contributed by atoms with E-state index in [4.69, 9.17) is 9.40 Å². The number of hydrogen-bond acceptors (Lipinski definition) is 4. The van der Waals surface area contributed by atoms with Crippen molar-refractivity contribution in [2.75, 3.05) is 11.4 Å². The zero-order chi connectivity index (χ0) is 20.1. The highest BCUT2D eigenvalue weighted by Gasteiger charge is 2.23. The van der Waals surface area contributed by atoms with Gasteiger partial charge in [-0.15, -0.1) is 0 Å². The lowest BCUT2D eigenvalue weighted by Gasteiger charge is -2.22. The van der Waals surface area contributed by atoms with Crippen molar-refractivity contribution in [3.8, 4) is 0 Å². The standard InChI is InChI=1S/C22H25F2N3O/c1-4-6-11-25-21(15(3)5-2)22-26-19-14-27(12-7-8-20(19)28-22)16-9-10-17(23)18(24)13-16/h4,6,9-11,13H,5,7-8,12,14H2,1-3H3/b6-4-,21-15?,25-11?. The molecular formula is C22H25F2N3O. The van der Waals surface area contributed by atoms with Crippen LogP contribution in [0.5, 0.6) is 0 Å². The maximum atomic E-state index is 13.7. The van der Waals surface area contributed by atoms with Crippen LogP contribution in [0.3, 0.4) is 0 Å². The molecular weight excluding hydrogens is 360 g/mol. The molecule has 3 rings (SSSR count). The van der Waals surface area contributed by atoms with Gasteiger partial charge in [0, 0.05) is 30.9 Å². The molecule has 0 N–H and O–H groups in total. The summed E-state index contributed by atoms with van der Waals surface area (Å²) in [5.41, 5.74) is 3.30. The van der Waals surface area contributed by atoms with Gasteiger partial charge in [0.25, 0.3) is 0 Å². The highest BCUT2D eigenvalue weighted by Crippen LogP contribution is 2.29. The molecule has 28 heavy (non-hydrogen) atoms. The first kappa shape index (κ1) is 20.0. The van der Waals surface area contributed by atoms with E-state index in [1.807, 2.05) is 30.9 Å². The first-order valence-corrected chi connectivity index (χ1v) is 9.57. The van der Waals surface area contributed by atoms with Crippen LogP contribution in [0.25, 0.3) is 5.70 Å². The van der Waals surface area contributed by atoms with E-state index in [9.17, 15) is 8.78 Å². The second kappa shape index (κ2) is 8.95.